The van der Waals surface area contributed by atoms with Crippen LogP contribution in [0.15, 0.2) is 54.6 Å². The van der Waals surface area contributed by atoms with Crippen molar-refractivity contribution in [1.82, 2.24) is 19.7 Å². The third-order valence-corrected chi connectivity index (χ3v) is 12.1. The van der Waals surface area contributed by atoms with Crippen LogP contribution in [-0.4, -0.2) is 75.3 Å². The monoisotopic (exact) mass is 722 g/mol. The number of fused-ring (bicyclic) bond motifs is 3. The van der Waals surface area contributed by atoms with Gasteiger partial charge in [0.15, 0.2) is 0 Å². The first-order valence-corrected chi connectivity index (χ1v) is 18.7. The Labute approximate surface area is 306 Å². The number of amides is 3. The molecule has 270 valence electrons. The van der Waals surface area contributed by atoms with Gasteiger partial charge in [-0.15, -0.1) is 11.3 Å². The van der Waals surface area contributed by atoms with Crippen LogP contribution in [0.2, 0.25) is 0 Å². The van der Waals surface area contributed by atoms with Crippen LogP contribution in [0.5, 0.6) is 5.75 Å². The van der Waals surface area contributed by atoms with Crippen LogP contribution in [0, 0.1) is 12.8 Å². The topological polar surface area (TPSA) is 104 Å². The molecule has 0 radical (unpaired) electrons. The third kappa shape index (κ3) is 5.98. The summed E-state index contributed by atoms with van der Waals surface area (Å²) in [5, 5.41) is 15.0. The first kappa shape index (κ1) is 34.2. The van der Waals surface area contributed by atoms with Gasteiger partial charge in [0.25, 0.3) is 11.8 Å². The molecule has 2 N–H and O–H groups in total. The largest absolute Gasteiger partial charge is 0.496 e. The van der Waals surface area contributed by atoms with Gasteiger partial charge in [-0.25, -0.2) is 9.18 Å². The number of alkyl halides is 1. The van der Waals surface area contributed by atoms with Crippen LogP contribution < -0.4 is 10.1 Å². The average molecular weight is 723 g/mol. The van der Waals surface area contributed by atoms with Crippen LogP contribution in [0.1, 0.15) is 71.9 Å². The molecule has 0 unspecified atom stereocenters. The van der Waals surface area contributed by atoms with Crippen LogP contribution in [0.3, 0.4) is 0 Å². The minimum atomic E-state index is -1.34. The zero-order chi connectivity index (χ0) is 36.6. The molecule has 2 atom stereocenters. The summed E-state index contributed by atoms with van der Waals surface area (Å²) >= 11 is 1.62. The van der Waals surface area contributed by atoms with Crippen LogP contribution in [0.25, 0.3) is 42.7 Å². The van der Waals surface area contributed by atoms with Crippen molar-refractivity contribution in [3.05, 3.63) is 76.9 Å². The Morgan fingerprint density at radius 3 is 2.52 bits per heavy atom. The first-order valence-electron chi connectivity index (χ1n) is 17.9. The Morgan fingerprint density at radius 1 is 1.06 bits per heavy atom. The van der Waals surface area contributed by atoms with Crippen molar-refractivity contribution in [1.29, 1.82) is 0 Å². The predicted octanol–water partition coefficient (Wildman–Crippen LogP) is 8.49. The van der Waals surface area contributed by atoms with E-state index < -0.39 is 23.8 Å². The molecular weight excluding hydrogens is 680 g/mol. The second kappa shape index (κ2) is 12.6. The summed E-state index contributed by atoms with van der Waals surface area (Å²) in [7, 11) is 1.60. The van der Waals surface area contributed by atoms with Crippen molar-refractivity contribution >= 4 is 50.2 Å². The molecule has 5 aromatic rings. The normalized spacial score (nSPS) is 18.9. The lowest BCUT2D eigenvalue weighted by Crippen LogP contribution is -2.59. The standard InChI is InChI=1S/C41H43FN4O5S/c1-22-36-34(51-5)15-27(39(48)44-20-29(42)17-30(21-44)46(40(49)50)41(2,3)4)16-35(36)52-37(22)33-14-26-9-8-25(13-32(26)45(33)19-23-6-7-23)24-10-11-31-28(12-24)18-43-38(31)47/h8-16,23,29-30H,6-7,17-21H2,1-5H3,(H,43,47)(H,49,50)/t29-,30-/m1/s1. The number of piperidine rings is 1. The lowest BCUT2D eigenvalue weighted by molar-refractivity contribution is 0.0126. The zero-order valence-electron chi connectivity index (χ0n) is 30.1. The molecule has 1 saturated carbocycles. The molecule has 8 rings (SSSR count). The quantitative estimate of drug-likeness (QED) is 0.175. The van der Waals surface area contributed by atoms with Crippen LogP contribution in [0.4, 0.5) is 9.18 Å². The van der Waals surface area contributed by atoms with E-state index in [9.17, 15) is 19.5 Å². The Morgan fingerprint density at radius 2 is 1.81 bits per heavy atom. The second-order valence-corrected chi connectivity index (χ2v) is 16.6. The minimum Gasteiger partial charge on any atom is -0.496 e. The van der Waals surface area contributed by atoms with E-state index in [0.717, 1.165) is 65.9 Å². The van der Waals surface area contributed by atoms with Gasteiger partial charge in [0, 0.05) is 63.7 Å². The van der Waals surface area contributed by atoms with E-state index >= 15 is 4.39 Å². The van der Waals surface area contributed by atoms with Crippen molar-refractivity contribution < 1.29 is 28.6 Å². The van der Waals surface area contributed by atoms with Gasteiger partial charge in [0.2, 0.25) is 0 Å². The number of benzene rings is 3. The Bertz CT molecular complexity index is 2280. The maximum atomic E-state index is 15.2. The molecule has 2 aromatic heterocycles. The number of carbonyl (C=O) groups is 3. The molecular formula is C41H43FN4O5S. The van der Waals surface area contributed by atoms with Gasteiger partial charge in [-0.2, -0.15) is 0 Å². The minimum absolute atomic E-state index is 0.0245. The van der Waals surface area contributed by atoms with Crippen LogP contribution in [-0.2, 0) is 13.1 Å². The van der Waals surface area contributed by atoms with Gasteiger partial charge in [0.05, 0.1) is 30.3 Å². The van der Waals surface area contributed by atoms with Crippen molar-refractivity contribution in [3.63, 3.8) is 0 Å². The highest BCUT2D eigenvalue weighted by Gasteiger charge is 2.40. The number of nitrogens with zero attached hydrogens (tertiary/aromatic N) is 3. The van der Waals surface area contributed by atoms with Crippen molar-refractivity contribution in [2.24, 2.45) is 5.92 Å². The number of carbonyl (C=O) groups excluding carboxylic acids is 2. The number of aromatic nitrogens is 1. The summed E-state index contributed by atoms with van der Waals surface area (Å²) in [6.45, 7) is 8.91. The molecule has 1 aliphatic carbocycles. The van der Waals surface area contributed by atoms with E-state index in [0.29, 0.717) is 23.8 Å². The summed E-state index contributed by atoms with van der Waals surface area (Å²) in [5.74, 6) is 0.821. The average Bonchev–Trinajstić information content (AvgIpc) is 3.62. The zero-order valence-corrected chi connectivity index (χ0v) is 30.9. The molecule has 52 heavy (non-hydrogen) atoms. The molecule has 2 aliphatic heterocycles. The van der Waals surface area contributed by atoms with E-state index in [1.165, 1.54) is 22.6 Å². The van der Waals surface area contributed by atoms with Gasteiger partial charge in [-0.3, -0.25) is 14.5 Å². The number of thiophene rings is 1. The van der Waals surface area contributed by atoms with E-state index in [4.69, 9.17) is 4.74 Å². The summed E-state index contributed by atoms with van der Waals surface area (Å²) in [6, 6.07) is 17.8. The Kier molecular flexibility index (Phi) is 8.32. The lowest BCUT2D eigenvalue weighted by atomic mass is 9.96. The van der Waals surface area contributed by atoms with Crippen molar-refractivity contribution in [2.45, 2.75) is 77.8 Å². The Hall–Kier alpha value is -4.90. The first-order chi connectivity index (χ1) is 24.8. The molecule has 3 aliphatic rings. The smallest absolute Gasteiger partial charge is 0.408 e. The summed E-state index contributed by atoms with van der Waals surface area (Å²) < 4.78 is 24.4. The SMILES string of the molecule is COc1cc(C(=O)N2C[C@H](F)C[C@@H](N(C(=O)O)C(C)(C)C)C2)cc2sc(-c3cc4ccc(-c5ccc6c(c5)CNC6=O)cc4n3CC3CC3)c(C)c12. The highest BCUT2D eigenvalue weighted by atomic mass is 32.1. The predicted molar refractivity (Wildman–Crippen MR) is 202 cm³/mol. The molecule has 4 heterocycles. The number of likely N-dealkylation sites (tertiary alicyclic amines) is 1. The molecule has 1 saturated heterocycles. The number of rotatable bonds is 7. The molecule has 0 spiro atoms. The molecule has 3 aromatic carbocycles. The number of methoxy groups -OCH3 is 1. The van der Waals surface area contributed by atoms with Gasteiger partial charge < -0.3 is 24.6 Å². The van der Waals surface area contributed by atoms with Gasteiger partial charge in [-0.1, -0.05) is 18.2 Å². The van der Waals surface area contributed by atoms with E-state index in [1.807, 2.05) is 18.2 Å². The summed E-state index contributed by atoms with van der Waals surface area (Å²) in [6.07, 6.45) is -0.0205. The molecule has 0 bridgehead atoms. The lowest BCUT2D eigenvalue weighted by Gasteiger charge is -2.45. The molecule has 9 nitrogen and oxygen atoms in total. The van der Waals surface area contributed by atoms with E-state index in [2.05, 4.69) is 47.1 Å². The maximum Gasteiger partial charge on any atom is 0.408 e. The molecule has 3 amide bonds. The number of halogens is 1. The van der Waals surface area contributed by atoms with Gasteiger partial charge in [0.1, 0.15) is 11.9 Å². The van der Waals surface area contributed by atoms with Crippen molar-refractivity contribution in [2.75, 3.05) is 20.2 Å². The molecule has 11 heteroatoms. The number of ether oxygens (including phenoxy) is 1. The summed E-state index contributed by atoms with van der Waals surface area (Å²) in [4.78, 5) is 42.3. The number of carboxylic acid groups (broad SMARTS) is 1. The highest BCUT2D eigenvalue weighted by Crippen LogP contribution is 2.46. The fraction of sp³-hybridized carbons (Fsp3) is 0.390. The van der Waals surface area contributed by atoms with Crippen LogP contribution >= 0.6 is 11.3 Å². The fourth-order valence-corrected chi connectivity index (χ4v) is 9.49. The summed E-state index contributed by atoms with van der Waals surface area (Å²) in [5.41, 5.74) is 6.90. The van der Waals surface area contributed by atoms with Gasteiger partial charge >= 0.3 is 6.09 Å². The van der Waals surface area contributed by atoms with E-state index in [-0.39, 0.29) is 31.3 Å². The van der Waals surface area contributed by atoms with Crippen molar-refractivity contribution in [3.8, 4) is 27.4 Å². The molecule has 2 fully saturated rings. The third-order valence-electron chi connectivity index (χ3n) is 10.8. The number of aryl methyl sites for hydroxylation is 1. The maximum absolute atomic E-state index is 15.2. The number of nitrogens with one attached hydrogen (secondary N) is 1. The number of hydrogen-bond donors (Lipinski definition) is 2. The van der Waals surface area contributed by atoms with E-state index in [1.54, 1.807) is 45.3 Å². The number of hydrogen-bond acceptors (Lipinski definition) is 5. The second-order valence-electron chi connectivity index (χ2n) is 15.5. The fourth-order valence-electron chi connectivity index (χ4n) is 8.20. The highest BCUT2D eigenvalue weighted by molar-refractivity contribution is 7.22. The van der Waals surface area contributed by atoms with Gasteiger partial charge in [-0.05, 0) is 105 Å². The Balaban J connectivity index is 1.17.